The molecule has 2 aliphatic rings. The highest BCUT2D eigenvalue weighted by Gasteiger charge is 2.34. The van der Waals surface area contributed by atoms with E-state index in [1.54, 1.807) is 22.2 Å². The lowest BCUT2D eigenvalue weighted by molar-refractivity contribution is 0.162. The van der Waals surface area contributed by atoms with Gasteiger partial charge < -0.3 is 4.90 Å². The van der Waals surface area contributed by atoms with Gasteiger partial charge in [-0.15, -0.1) is 0 Å². The van der Waals surface area contributed by atoms with E-state index in [0.717, 1.165) is 51.2 Å². The average Bonchev–Trinajstić information content (AvgIpc) is 3.02. The molecular formula is C17H30N4O2S. The molecule has 7 heteroatoms. The number of rotatable bonds is 5. The van der Waals surface area contributed by atoms with Gasteiger partial charge in [-0.05, 0) is 57.7 Å². The molecule has 3 rings (SSSR count). The van der Waals surface area contributed by atoms with Crippen LogP contribution in [0.1, 0.15) is 45.4 Å². The van der Waals surface area contributed by atoms with E-state index in [4.69, 9.17) is 0 Å². The lowest BCUT2D eigenvalue weighted by atomic mass is 9.98. The molecule has 1 aromatic heterocycles. The van der Waals surface area contributed by atoms with Crippen LogP contribution in [0.15, 0.2) is 17.3 Å². The summed E-state index contributed by atoms with van der Waals surface area (Å²) < 4.78 is 29.2. The Balaban J connectivity index is 1.65. The van der Waals surface area contributed by atoms with Gasteiger partial charge in [0.05, 0.1) is 6.20 Å². The summed E-state index contributed by atoms with van der Waals surface area (Å²) in [6.45, 7) is 6.28. The predicted octanol–water partition coefficient (Wildman–Crippen LogP) is 2.09. The van der Waals surface area contributed by atoms with Crippen LogP contribution in [0.2, 0.25) is 0 Å². The van der Waals surface area contributed by atoms with Crippen molar-refractivity contribution in [3.63, 3.8) is 0 Å². The van der Waals surface area contributed by atoms with E-state index in [9.17, 15) is 8.42 Å². The van der Waals surface area contributed by atoms with Crippen molar-refractivity contribution >= 4 is 10.0 Å². The first-order valence-electron chi connectivity index (χ1n) is 9.19. The zero-order chi connectivity index (χ0) is 17.2. The van der Waals surface area contributed by atoms with E-state index in [1.165, 1.54) is 19.0 Å². The summed E-state index contributed by atoms with van der Waals surface area (Å²) in [4.78, 5) is 2.83. The largest absolute Gasteiger partial charge is 0.303 e. The van der Waals surface area contributed by atoms with Gasteiger partial charge in [0, 0.05) is 25.8 Å². The molecule has 1 unspecified atom stereocenters. The minimum Gasteiger partial charge on any atom is -0.303 e. The van der Waals surface area contributed by atoms with Gasteiger partial charge >= 0.3 is 0 Å². The van der Waals surface area contributed by atoms with Crippen LogP contribution in [0.4, 0.5) is 0 Å². The number of aromatic nitrogens is 2. The van der Waals surface area contributed by atoms with Crippen LogP contribution in [0.25, 0.3) is 0 Å². The topological polar surface area (TPSA) is 58.4 Å². The molecule has 2 fully saturated rings. The predicted molar refractivity (Wildman–Crippen MR) is 94.2 cm³/mol. The summed E-state index contributed by atoms with van der Waals surface area (Å²) in [6, 6.07) is 0.128. The number of piperidine rings is 2. The summed E-state index contributed by atoms with van der Waals surface area (Å²) in [5.41, 5.74) is 0. The summed E-state index contributed by atoms with van der Waals surface area (Å²) in [7, 11) is -1.67. The molecule has 0 bridgehead atoms. The molecule has 0 aromatic carbocycles. The average molecular weight is 355 g/mol. The lowest BCUT2D eigenvalue weighted by Gasteiger charge is -2.37. The van der Waals surface area contributed by atoms with Crippen molar-refractivity contribution < 1.29 is 8.42 Å². The summed E-state index contributed by atoms with van der Waals surface area (Å²) in [5, 5.41) is 4.03. The number of hydrogen-bond donors (Lipinski definition) is 0. The minimum absolute atomic E-state index is 0.128. The molecule has 2 aliphatic heterocycles. The van der Waals surface area contributed by atoms with Gasteiger partial charge in [0.2, 0.25) is 10.0 Å². The Morgan fingerprint density at radius 2 is 1.92 bits per heavy atom. The molecule has 0 saturated carbocycles. The third-order valence-electron chi connectivity index (χ3n) is 5.52. The second-order valence-electron chi connectivity index (χ2n) is 7.43. The quantitative estimate of drug-likeness (QED) is 0.812. The molecule has 2 saturated heterocycles. The third-order valence-corrected chi connectivity index (χ3v) is 7.42. The SMILES string of the molecule is CC1CCN(CCC2CCCCN2S(=O)(=O)c2cnn(C)c2)CC1. The van der Waals surface area contributed by atoms with Crippen LogP contribution >= 0.6 is 0 Å². The Morgan fingerprint density at radius 1 is 1.17 bits per heavy atom. The fraction of sp³-hybridized carbons (Fsp3) is 0.824. The van der Waals surface area contributed by atoms with Crippen LogP contribution < -0.4 is 0 Å². The minimum atomic E-state index is -3.42. The summed E-state index contributed by atoms with van der Waals surface area (Å²) in [6.07, 6.45) is 9.60. The van der Waals surface area contributed by atoms with Gasteiger partial charge in [0.25, 0.3) is 0 Å². The van der Waals surface area contributed by atoms with Gasteiger partial charge in [-0.3, -0.25) is 4.68 Å². The standard InChI is InChI=1S/C17H30N4O2S/c1-15-6-10-20(11-7-15)12-8-16-5-3-4-9-21(16)24(22,23)17-13-18-19(2)14-17/h13-16H,3-12H2,1-2H3. The first-order valence-corrected chi connectivity index (χ1v) is 10.6. The van der Waals surface area contributed by atoms with Crippen molar-refractivity contribution in [1.82, 2.24) is 19.0 Å². The van der Waals surface area contributed by atoms with Gasteiger partial charge in [-0.1, -0.05) is 13.3 Å². The van der Waals surface area contributed by atoms with Crippen LogP contribution in [0, 0.1) is 5.92 Å². The highest BCUT2D eigenvalue weighted by Crippen LogP contribution is 2.27. The Bertz CT molecular complexity index is 635. The second-order valence-corrected chi connectivity index (χ2v) is 9.32. The van der Waals surface area contributed by atoms with Gasteiger partial charge in [-0.25, -0.2) is 8.42 Å². The van der Waals surface area contributed by atoms with E-state index in [1.807, 2.05) is 0 Å². The normalized spacial score (nSPS) is 25.2. The van der Waals surface area contributed by atoms with E-state index in [0.29, 0.717) is 11.4 Å². The van der Waals surface area contributed by atoms with Gasteiger partial charge in [-0.2, -0.15) is 9.40 Å². The number of hydrogen-bond acceptors (Lipinski definition) is 4. The van der Waals surface area contributed by atoms with E-state index in [-0.39, 0.29) is 6.04 Å². The molecule has 6 nitrogen and oxygen atoms in total. The first kappa shape index (κ1) is 17.9. The number of sulfonamides is 1. The lowest BCUT2D eigenvalue weighted by Crippen LogP contribution is -2.45. The maximum Gasteiger partial charge on any atom is 0.246 e. The highest BCUT2D eigenvalue weighted by atomic mass is 32.2. The maximum atomic E-state index is 13.0. The molecular weight excluding hydrogens is 324 g/mol. The summed E-state index contributed by atoms with van der Waals surface area (Å²) >= 11 is 0. The molecule has 0 aliphatic carbocycles. The molecule has 136 valence electrons. The first-order chi connectivity index (χ1) is 11.5. The molecule has 0 N–H and O–H groups in total. The third kappa shape index (κ3) is 4.00. The van der Waals surface area contributed by atoms with E-state index < -0.39 is 10.0 Å². The molecule has 0 radical (unpaired) electrons. The molecule has 3 heterocycles. The molecule has 0 amide bonds. The van der Waals surface area contributed by atoms with Crippen LogP contribution in [-0.4, -0.2) is 59.6 Å². The number of aryl methyl sites for hydroxylation is 1. The van der Waals surface area contributed by atoms with Gasteiger partial charge in [0.15, 0.2) is 0 Å². The highest BCUT2D eigenvalue weighted by molar-refractivity contribution is 7.89. The fourth-order valence-corrected chi connectivity index (χ4v) is 5.57. The molecule has 24 heavy (non-hydrogen) atoms. The van der Waals surface area contributed by atoms with Crippen molar-refractivity contribution in [2.75, 3.05) is 26.2 Å². The van der Waals surface area contributed by atoms with Crippen LogP contribution in [0.3, 0.4) is 0 Å². The van der Waals surface area contributed by atoms with E-state index in [2.05, 4.69) is 16.9 Å². The van der Waals surface area contributed by atoms with Crippen LogP contribution in [0.5, 0.6) is 0 Å². The Morgan fingerprint density at radius 3 is 2.58 bits per heavy atom. The van der Waals surface area contributed by atoms with Gasteiger partial charge in [0.1, 0.15) is 4.90 Å². The number of likely N-dealkylation sites (tertiary alicyclic amines) is 1. The van der Waals surface area contributed by atoms with Crippen molar-refractivity contribution in [2.24, 2.45) is 13.0 Å². The Labute approximate surface area is 145 Å². The van der Waals surface area contributed by atoms with Crippen LogP contribution in [-0.2, 0) is 17.1 Å². The zero-order valence-corrected chi connectivity index (χ0v) is 15.7. The molecule has 1 aromatic rings. The molecule has 0 spiro atoms. The van der Waals surface area contributed by atoms with Crippen molar-refractivity contribution in [2.45, 2.75) is 56.4 Å². The monoisotopic (exact) mass is 354 g/mol. The number of nitrogens with zero attached hydrogens (tertiary/aromatic N) is 4. The fourth-order valence-electron chi connectivity index (χ4n) is 3.86. The Hall–Kier alpha value is -0.920. The van der Waals surface area contributed by atoms with Crippen molar-refractivity contribution in [1.29, 1.82) is 0 Å². The van der Waals surface area contributed by atoms with Crippen molar-refractivity contribution in [3.05, 3.63) is 12.4 Å². The van der Waals surface area contributed by atoms with Crippen molar-refractivity contribution in [3.8, 4) is 0 Å². The zero-order valence-electron chi connectivity index (χ0n) is 14.9. The Kier molecular flexibility index (Phi) is 5.62. The second kappa shape index (κ2) is 7.54. The smallest absolute Gasteiger partial charge is 0.246 e. The van der Waals surface area contributed by atoms with E-state index >= 15 is 0 Å². The maximum absolute atomic E-state index is 13.0. The summed E-state index contributed by atoms with van der Waals surface area (Å²) in [5.74, 6) is 0.832. The molecule has 1 atom stereocenters.